The number of aliphatic hydroxyl groups excluding tert-OH is 1. The Bertz CT molecular complexity index is 743. The van der Waals surface area contributed by atoms with Gasteiger partial charge in [0, 0.05) is 19.5 Å². The van der Waals surface area contributed by atoms with E-state index in [9.17, 15) is 14.7 Å². The molecule has 1 aromatic heterocycles. The monoisotopic (exact) mass is 344 g/mol. The number of carbonyl (C=O) groups is 2. The van der Waals surface area contributed by atoms with Crippen LogP contribution in [0.2, 0.25) is 0 Å². The number of nitrogens with zero attached hydrogens (tertiary/aromatic N) is 1. The van der Waals surface area contributed by atoms with Crippen molar-refractivity contribution in [1.82, 2.24) is 5.32 Å². The first-order chi connectivity index (χ1) is 11.6. The van der Waals surface area contributed by atoms with Crippen LogP contribution in [0.15, 0.2) is 35.0 Å². The van der Waals surface area contributed by atoms with Crippen LogP contribution in [0.3, 0.4) is 0 Å². The van der Waals surface area contributed by atoms with Gasteiger partial charge in [-0.15, -0.1) is 0 Å². The van der Waals surface area contributed by atoms with Gasteiger partial charge in [0.25, 0.3) is 5.91 Å². The van der Waals surface area contributed by atoms with Gasteiger partial charge in [-0.3, -0.25) is 9.59 Å². The van der Waals surface area contributed by atoms with E-state index < -0.39 is 6.10 Å². The SMILES string of the molecule is Cc1ccc(N2CCCC2=O)c(C(=O)NCC(O)c2ccsc2)c1. The number of thiophene rings is 1. The normalized spacial score (nSPS) is 15.6. The van der Waals surface area contributed by atoms with E-state index in [4.69, 9.17) is 0 Å². The molecule has 1 unspecified atom stereocenters. The first-order valence-corrected chi connectivity index (χ1v) is 8.90. The number of aryl methyl sites for hydroxylation is 1. The van der Waals surface area contributed by atoms with Gasteiger partial charge < -0.3 is 15.3 Å². The average molecular weight is 344 g/mol. The summed E-state index contributed by atoms with van der Waals surface area (Å²) in [4.78, 5) is 26.3. The number of benzene rings is 1. The van der Waals surface area contributed by atoms with Crippen molar-refractivity contribution in [3.05, 3.63) is 51.7 Å². The van der Waals surface area contributed by atoms with Gasteiger partial charge in [-0.05, 0) is 47.9 Å². The van der Waals surface area contributed by atoms with Crippen molar-refractivity contribution < 1.29 is 14.7 Å². The summed E-state index contributed by atoms with van der Waals surface area (Å²) in [5.74, 6) is -0.228. The summed E-state index contributed by atoms with van der Waals surface area (Å²) < 4.78 is 0. The van der Waals surface area contributed by atoms with Gasteiger partial charge in [-0.25, -0.2) is 0 Å². The Kier molecular flexibility index (Phi) is 4.97. The fraction of sp³-hybridized carbons (Fsp3) is 0.333. The maximum atomic E-state index is 12.6. The first kappa shape index (κ1) is 16.7. The Hall–Kier alpha value is -2.18. The maximum Gasteiger partial charge on any atom is 0.253 e. The van der Waals surface area contributed by atoms with E-state index in [0.717, 1.165) is 17.5 Å². The zero-order valence-corrected chi connectivity index (χ0v) is 14.3. The summed E-state index contributed by atoms with van der Waals surface area (Å²) in [7, 11) is 0. The van der Waals surface area contributed by atoms with Crippen LogP contribution in [0.4, 0.5) is 5.69 Å². The molecule has 2 heterocycles. The predicted molar refractivity (Wildman–Crippen MR) is 94.4 cm³/mol. The van der Waals surface area contributed by atoms with Gasteiger partial charge >= 0.3 is 0 Å². The number of nitrogens with one attached hydrogen (secondary N) is 1. The van der Waals surface area contributed by atoms with Crippen LogP contribution in [0, 0.1) is 6.92 Å². The van der Waals surface area contributed by atoms with Crippen molar-refractivity contribution in [3.8, 4) is 0 Å². The summed E-state index contributed by atoms with van der Waals surface area (Å²) in [5, 5.41) is 16.6. The maximum absolute atomic E-state index is 12.6. The molecule has 0 saturated carbocycles. The third-order valence-electron chi connectivity index (χ3n) is 4.14. The molecule has 0 bridgehead atoms. The molecule has 1 fully saturated rings. The van der Waals surface area contributed by atoms with Crippen molar-refractivity contribution in [2.75, 3.05) is 18.0 Å². The molecule has 2 N–H and O–H groups in total. The van der Waals surface area contributed by atoms with Crippen molar-refractivity contribution in [2.45, 2.75) is 25.9 Å². The Labute approximate surface area is 144 Å². The lowest BCUT2D eigenvalue weighted by Crippen LogP contribution is -2.32. The van der Waals surface area contributed by atoms with E-state index in [1.54, 1.807) is 11.0 Å². The first-order valence-electron chi connectivity index (χ1n) is 7.95. The van der Waals surface area contributed by atoms with Crippen molar-refractivity contribution in [2.24, 2.45) is 0 Å². The molecule has 3 rings (SSSR count). The van der Waals surface area contributed by atoms with E-state index >= 15 is 0 Å². The molecule has 1 aliphatic rings. The van der Waals surface area contributed by atoms with Crippen LogP contribution in [0.25, 0.3) is 0 Å². The Morgan fingerprint density at radius 3 is 2.92 bits per heavy atom. The molecule has 1 atom stereocenters. The Morgan fingerprint density at radius 1 is 1.42 bits per heavy atom. The second-order valence-corrected chi connectivity index (χ2v) is 6.73. The van der Waals surface area contributed by atoms with Crippen LogP contribution in [0.5, 0.6) is 0 Å². The standard InChI is InChI=1S/C18H20N2O3S/c1-12-4-5-15(20-7-2-3-17(20)22)14(9-12)18(23)19-10-16(21)13-6-8-24-11-13/h4-6,8-9,11,16,21H,2-3,7,10H2,1H3,(H,19,23). The third kappa shape index (κ3) is 3.49. The Balaban J connectivity index is 1.76. The molecule has 5 nitrogen and oxygen atoms in total. The zero-order valence-electron chi connectivity index (χ0n) is 13.5. The van der Waals surface area contributed by atoms with Gasteiger partial charge in [0.05, 0.1) is 17.4 Å². The quantitative estimate of drug-likeness (QED) is 0.876. The molecule has 1 aromatic carbocycles. The number of rotatable bonds is 5. The summed E-state index contributed by atoms with van der Waals surface area (Å²) in [6.07, 6.45) is 0.595. The number of amides is 2. The van der Waals surface area contributed by atoms with Gasteiger partial charge in [-0.1, -0.05) is 11.6 Å². The summed E-state index contributed by atoms with van der Waals surface area (Å²) >= 11 is 1.50. The second-order valence-electron chi connectivity index (χ2n) is 5.95. The molecule has 0 radical (unpaired) electrons. The smallest absolute Gasteiger partial charge is 0.253 e. The zero-order chi connectivity index (χ0) is 17.1. The van der Waals surface area contributed by atoms with E-state index in [1.807, 2.05) is 35.9 Å². The number of hydrogen-bond acceptors (Lipinski definition) is 4. The number of anilines is 1. The molecular formula is C18H20N2O3S. The average Bonchev–Trinajstić information content (AvgIpc) is 3.24. The number of aliphatic hydroxyl groups is 1. The van der Waals surface area contributed by atoms with Crippen molar-refractivity contribution in [3.63, 3.8) is 0 Å². The highest BCUT2D eigenvalue weighted by atomic mass is 32.1. The minimum absolute atomic E-state index is 0.0474. The van der Waals surface area contributed by atoms with E-state index in [2.05, 4.69) is 5.32 Å². The lowest BCUT2D eigenvalue weighted by Gasteiger charge is -2.20. The molecule has 6 heteroatoms. The van der Waals surface area contributed by atoms with Crippen molar-refractivity contribution >= 4 is 28.8 Å². The molecule has 24 heavy (non-hydrogen) atoms. The summed E-state index contributed by atoms with van der Waals surface area (Å²) in [6, 6.07) is 7.34. The topological polar surface area (TPSA) is 69.6 Å². The van der Waals surface area contributed by atoms with Crippen LogP contribution in [0.1, 0.15) is 40.4 Å². The van der Waals surface area contributed by atoms with Crippen LogP contribution >= 0.6 is 11.3 Å². The van der Waals surface area contributed by atoms with E-state index in [1.165, 1.54) is 11.3 Å². The fourth-order valence-electron chi connectivity index (χ4n) is 2.84. The van der Waals surface area contributed by atoms with Gasteiger partial charge in [0.2, 0.25) is 5.91 Å². The highest BCUT2D eigenvalue weighted by Gasteiger charge is 2.26. The molecule has 0 spiro atoms. The van der Waals surface area contributed by atoms with E-state index in [-0.39, 0.29) is 18.4 Å². The molecule has 0 aliphatic carbocycles. The number of hydrogen-bond donors (Lipinski definition) is 2. The van der Waals surface area contributed by atoms with Gasteiger partial charge in [-0.2, -0.15) is 11.3 Å². The highest BCUT2D eigenvalue weighted by molar-refractivity contribution is 7.07. The number of carbonyl (C=O) groups excluding carboxylic acids is 2. The lowest BCUT2D eigenvalue weighted by atomic mass is 10.1. The van der Waals surface area contributed by atoms with Crippen molar-refractivity contribution in [1.29, 1.82) is 0 Å². The fourth-order valence-corrected chi connectivity index (χ4v) is 3.54. The molecule has 1 aliphatic heterocycles. The second kappa shape index (κ2) is 7.15. The molecule has 126 valence electrons. The van der Waals surface area contributed by atoms with Gasteiger partial charge in [0.15, 0.2) is 0 Å². The predicted octanol–water partition coefficient (Wildman–Crippen LogP) is 2.65. The van der Waals surface area contributed by atoms with E-state index in [0.29, 0.717) is 24.2 Å². The molecule has 1 saturated heterocycles. The van der Waals surface area contributed by atoms with Crippen LogP contribution in [-0.2, 0) is 4.79 Å². The summed E-state index contributed by atoms with van der Waals surface area (Å²) in [5.41, 5.74) is 2.86. The minimum atomic E-state index is -0.734. The Morgan fingerprint density at radius 2 is 2.25 bits per heavy atom. The largest absolute Gasteiger partial charge is 0.387 e. The minimum Gasteiger partial charge on any atom is -0.387 e. The molecular weight excluding hydrogens is 324 g/mol. The lowest BCUT2D eigenvalue weighted by molar-refractivity contribution is -0.117. The van der Waals surface area contributed by atoms with Gasteiger partial charge in [0.1, 0.15) is 0 Å². The molecule has 2 amide bonds. The summed E-state index contributed by atoms with van der Waals surface area (Å²) in [6.45, 7) is 2.68. The third-order valence-corrected chi connectivity index (χ3v) is 4.85. The highest BCUT2D eigenvalue weighted by Crippen LogP contribution is 2.26. The molecule has 2 aromatic rings. The van der Waals surface area contributed by atoms with Crippen LogP contribution in [-0.4, -0.2) is 30.0 Å². The van der Waals surface area contributed by atoms with Crippen LogP contribution < -0.4 is 10.2 Å².